The first-order valence-corrected chi connectivity index (χ1v) is 10.6. The molecule has 3 fully saturated rings. The molecule has 37 heavy (non-hydrogen) atoms. The van der Waals surface area contributed by atoms with Gasteiger partial charge in [0.25, 0.3) is 5.24 Å². The van der Waals surface area contributed by atoms with Crippen molar-refractivity contribution in [2.45, 2.75) is 18.3 Å². The summed E-state index contributed by atoms with van der Waals surface area (Å²) in [5, 5.41) is 15.3. The fourth-order valence-electron chi connectivity index (χ4n) is 2.06. The van der Waals surface area contributed by atoms with Crippen molar-refractivity contribution in [3.63, 3.8) is 0 Å². The first-order chi connectivity index (χ1) is 17.7. The van der Waals surface area contributed by atoms with Crippen molar-refractivity contribution >= 4 is 47.2 Å². The summed E-state index contributed by atoms with van der Waals surface area (Å²) < 4.78 is 36.0. The average molecular weight is 555 g/mol. The van der Waals surface area contributed by atoms with Gasteiger partial charge in [-0.05, 0) is 23.8 Å². The van der Waals surface area contributed by atoms with Gasteiger partial charge in [0.05, 0.1) is 13.2 Å². The van der Waals surface area contributed by atoms with Crippen LogP contribution in [0, 0.1) is 0 Å². The van der Waals surface area contributed by atoms with Crippen LogP contribution in [-0.2, 0) is 52.3 Å². The Bertz CT molecular complexity index is 818. The van der Waals surface area contributed by atoms with E-state index in [1.165, 1.54) is 24.3 Å². The number of aliphatic hydroxyl groups excluding tert-OH is 2. The minimum Gasteiger partial charge on any atom is -0.459 e. The van der Waals surface area contributed by atoms with E-state index in [4.69, 9.17) is 31.3 Å². The summed E-state index contributed by atoms with van der Waals surface area (Å²) in [6.07, 6.45) is 0.140. The first kappa shape index (κ1) is 31.1. The molecule has 0 aromatic carbocycles. The highest BCUT2D eigenvalue weighted by Gasteiger charge is 2.33. The molecule has 0 amide bonds. The molecule has 17 heteroatoms. The Labute approximate surface area is 213 Å². The van der Waals surface area contributed by atoms with E-state index >= 15 is 0 Å². The van der Waals surface area contributed by atoms with E-state index in [-0.39, 0.29) is 46.2 Å². The number of esters is 2. The maximum absolute atomic E-state index is 11.4. The second kappa shape index (κ2) is 17.5. The SMILES string of the molecule is O=C1OCC(C(=O)Cl)O1.O=C1OCC(C(=O)OC/C=C/COC(=O)C2COC(=O)O2)O1.OC/C=C/CO. The van der Waals surface area contributed by atoms with Crippen molar-refractivity contribution in [3.8, 4) is 0 Å². The number of aliphatic hydroxyl groups is 2. The third kappa shape index (κ3) is 13.1. The lowest BCUT2D eigenvalue weighted by atomic mass is 10.4. The molecule has 3 heterocycles. The number of halogens is 1. The van der Waals surface area contributed by atoms with Crippen LogP contribution in [-0.4, -0.2) is 110 Å². The molecule has 3 atom stereocenters. The monoisotopic (exact) mass is 554 g/mol. The third-order valence-corrected chi connectivity index (χ3v) is 3.98. The summed E-state index contributed by atoms with van der Waals surface area (Å²) in [7, 11) is 0. The van der Waals surface area contributed by atoms with Gasteiger partial charge in [0.2, 0.25) is 18.3 Å². The van der Waals surface area contributed by atoms with E-state index in [1.54, 1.807) is 0 Å². The number of cyclic esters (lactones) is 6. The number of carbonyl (C=O) groups is 6. The number of hydrogen-bond donors (Lipinski definition) is 2. The predicted octanol–water partition coefficient (Wildman–Crippen LogP) is -0.486. The van der Waals surface area contributed by atoms with Gasteiger partial charge in [0.15, 0.2) is 0 Å². The Morgan fingerprint density at radius 2 is 1.05 bits per heavy atom. The maximum Gasteiger partial charge on any atom is 0.509 e. The van der Waals surface area contributed by atoms with Gasteiger partial charge in [0.1, 0.15) is 33.0 Å². The third-order valence-electron chi connectivity index (χ3n) is 3.74. The molecule has 3 unspecified atom stereocenters. The van der Waals surface area contributed by atoms with Crippen molar-refractivity contribution in [2.24, 2.45) is 0 Å². The quantitative estimate of drug-likeness (QED) is 0.159. The highest BCUT2D eigenvalue weighted by molar-refractivity contribution is 6.64. The zero-order chi connectivity index (χ0) is 27.6. The van der Waals surface area contributed by atoms with Gasteiger partial charge in [-0.15, -0.1) is 0 Å². The van der Waals surface area contributed by atoms with Gasteiger partial charge in [0, 0.05) is 0 Å². The molecule has 0 aromatic heterocycles. The van der Waals surface area contributed by atoms with E-state index < -0.39 is 54.0 Å². The lowest BCUT2D eigenvalue weighted by Gasteiger charge is -2.06. The van der Waals surface area contributed by atoms with Crippen LogP contribution in [0.4, 0.5) is 14.4 Å². The number of ether oxygens (including phenoxy) is 8. The van der Waals surface area contributed by atoms with Crippen molar-refractivity contribution in [2.75, 3.05) is 46.2 Å². The van der Waals surface area contributed by atoms with Crippen LogP contribution in [0.25, 0.3) is 0 Å². The minimum absolute atomic E-state index is 0.0144. The molecule has 0 aliphatic carbocycles. The van der Waals surface area contributed by atoms with Gasteiger partial charge < -0.3 is 48.1 Å². The molecule has 16 nitrogen and oxygen atoms in total. The van der Waals surface area contributed by atoms with Crippen molar-refractivity contribution in [3.05, 3.63) is 24.3 Å². The standard InChI is InChI=1S/C12H12O10.C4H3ClO4.C4H8O2/c13-9(7-5-19-11(15)21-7)17-3-1-2-4-18-10(14)8-6-20-12(16)22-8;5-3(6)2-1-8-4(7)9-2;5-3-1-2-4-6/h1-2,7-8H,3-6H2;2H,1H2;1-2,5-6H,3-4H2/b2-1+;;2-1+. The van der Waals surface area contributed by atoms with Crippen LogP contribution in [0.5, 0.6) is 0 Å². The second-order valence-corrected chi connectivity index (χ2v) is 6.75. The van der Waals surface area contributed by atoms with Crippen LogP contribution >= 0.6 is 11.6 Å². The van der Waals surface area contributed by atoms with E-state index in [0.29, 0.717) is 0 Å². The summed E-state index contributed by atoms with van der Waals surface area (Å²) in [5.74, 6) is -1.47. The zero-order valence-electron chi connectivity index (χ0n) is 19.0. The van der Waals surface area contributed by atoms with E-state index in [1.807, 2.05) is 0 Å². The van der Waals surface area contributed by atoms with E-state index in [9.17, 15) is 28.8 Å². The molecule has 3 rings (SSSR count). The number of hydrogen-bond acceptors (Lipinski definition) is 16. The van der Waals surface area contributed by atoms with Crippen molar-refractivity contribution in [1.82, 2.24) is 0 Å². The highest BCUT2D eigenvalue weighted by Crippen LogP contribution is 2.09. The summed E-state index contributed by atoms with van der Waals surface area (Å²) in [6, 6.07) is 0. The van der Waals surface area contributed by atoms with Crippen molar-refractivity contribution < 1.29 is 76.9 Å². The van der Waals surface area contributed by atoms with Gasteiger partial charge in [-0.3, -0.25) is 4.79 Å². The van der Waals surface area contributed by atoms with Crippen LogP contribution in [0.1, 0.15) is 0 Å². The Kier molecular flexibility index (Phi) is 14.7. The topological polar surface area (TPSA) is 217 Å². The molecule has 0 bridgehead atoms. The smallest absolute Gasteiger partial charge is 0.459 e. The molecule has 0 spiro atoms. The van der Waals surface area contributed by atoms with Gasteiger partial charge in [-0.2, -0.15) is 0 Å². The lowest BCUT2D eigenvalue weighted by Crippen LogP contribution is -2.26. The second-order valence-electron chi connectivity index (χ2n) is 6.37. The zero-order valence-corrected chi connectivity index (χ0v) is 19.7. The van der Waals surface area contributed by atoms with Gasteiger partial charge in [-0.25, -0.2) is 24.0 Å². The summed E-state index contributed by atoms with van der Waals surface area (Å²) in [5.41, 5.74) is 0. The first-order valence-electron chi connectivity index (χ1n) is 10.2. The molecule has 2 N–H and O–H groups in total. The van der Waals surface area contributed by atoms with E-state index in [2.05, 4.69) is 28.4 Å². The molecule has 0 aromatic rings. The molecule has 206 valence electrons. The summed E-state index contributed by atoms with van der Waals surface area (Å²) >= 11 is 4.95. The van der Waals surface area contributed by atoms with Gasteiger partial charge >= 0.3 is 30.4 Å². The number of carbonyl (C=O) groups excluding carboxylic acids is 6. The fourth-order valence-corrected chi connectivity index (χ4v) is 2.17. The van der Waals surface area contributed by atoms with Crippen LogP contribution in [0.3, 0.4) is 0 Å². The Hall–Kier alpha value is -3.89. The minimum atomic E-state index is -1.06. The maximum atomic E-state index is 11.4. The number of rotatable bonds is 9. The highest BCUT2D eigenvalue weighted by atomic mass is 35.5. The predicted molar refractivity (Wildman–Crippen MR) is 114 cm³/mol. The molecule has 0 saturated carbocycles. The van der Waals surface area contributed by atoms with Crippen LogP contribution < -0.4 is 0 Å². The Morgan fingerprint density at radius 3 is 1.30 bits per heavy atom. The molecule has 3 aliphatic rings. The van der Waals surface area contributed by atoms with Gasteiger partial charge in [-0.1, -0.05) is 12.2 Å². The molecular weight excluding hydrogens is 532 g/mol. The van der Waals surface area contributed by atoms with E-state index in [0.717, 1.165) is 0 Å². The Balaban J connectivity index is 0.000000373. The molecular formula is C20H23ClO16. The molecule has 3 saturated heterocycles. The van der Waals surface area contributed by atoms with Crippen LogP contribution in [0.15, 0.2) is 24.3 Å². The normalized spacial score (nSPS) is 21.7. The summed E-state index contributed by atoms with van der Waals surface area (Å²) in [4.78, 5) is 64.3. The molecule has 0 radical (unpaired) electrons. The fraction of sp³-hybridized carbons (Fsp3) is 0.500. The molecule has 3 aliphatic heterocycles. The lowest BCUT2D eigenvalue weighted by molar-refractivity contribution is -0.151. The van der Waals surface area contributed by atoms with Crippen molar-refractivity contribution in [1.29, 1.82) is 0 Å². The van der Waals surface area contributed by atoms with Crippen LogP contribution in [0.2, 0.25) is 0 Å². The Morgan fingerprint density at radius 1 is 0.703 bits per heavy atom. The largest absolute Gasteiger partial charge is 0.509 e. The average Bonchev–Trinajstić information content (AvgIpc) is 3.62. The summed E-state index contributed by atoms with van der Waals surface area (Å²) in [6.45, 7) is -0.581.